The van der Waals surface area contributed by atoms with Crippen LogP contribution in [0.4, 0.5) is 0 Å². The van der Waals surface area contributed by atoms with Gasteiger partial charge in [0.05, 0.1) is 26.3 Å². The minimum absolute atomic E-state index is 0.0189. The molecule has 0 aliphatic heterocycles. The molecule has 5 nitrogen and oxygen atoms in total. The van der Waals surface area contributed by atoms with Crippen molar-refractivity contribution in [3.05, 3.63) is 59.7 Å². The van der Waals surface area contributed by atoms with E-state index in [-0.39, 0.29) is 18.4 Å². The number of carbonyl (C=O) groups is 2. The van der Waals surface area contributed by atoms with Crippen LogP contribution in [-0.4, -0.2) is 38.2 Å². The number of carbonyl (C=O) groups excluding carboxylic acids is 2. The van der Waals surface area contributed by atoms with Crippen LogP contribution in [0.15, 0.2) is 48.5 Å². The fraction of sp³-hybridized carbons (Fsp3) is 0.333. The van der Waals surface area contributed by atoms with Gasteiger partial charge in [0.15, 0.2) is 0 Å². The number of benzene rings is 2. The third-order valence-corrected chi connectivity index (χ3v) is 4.96. The number of methoxy groups -OCH3 is 1. The zero-order valence-corrected chi connectivity index (χ0v) is 16.7. The number of rotatable bonds is 7. The molecule has 0 amide bonds. The first-order chi connectivity index (χ1) is 14.2. The highest BCUT2D eigenvalue weighted by atomic mass is 16.5. The van der Waals surface area contributed by atoms with Gasteiger partial charge in [-0.3, -0.25) is 10.1 Å². The maximum absolute atomic E-state index is 12.1. The maximum Gasteiger partial charge on any atom is 0.384 e. The summed E-state index contributed by atoms with van der Waals surface area (Å²) < 4.78 is 9.90. The predicted octanol–water partition coefficient (Wildman–Crippen LogP) is 3.28. The van der Waals surface area contributed by atoms with E-state index in [2.05, 4.69) is 46.2 Å². The van der Waals surface area contributed by atoms with Gasteiger partial charge < -0.3 is 9.47 Å². The molecule has 29 heavy (non-hydrogen) atoms. The fourth-order valence-electron chi connectivity index (χ4n) is 3.57. The lowest BCUT2D eigenvalue weighted by Crippen LogP contribution is -2.38. The highest BCUT2D eigenvalue weighted by Crippen LogP contribution is 2.45. The van der Waals surface area contributed by atoms with Crippen LogP contribution in [0.25, 0.3) is 11.1 Å². The van der Waals surface area contributed by atoms with E-state index >= 15 is 0 Å². The Hall–Kier alpha value is -3.10. The maximum atomic E-state index is 12.1. The molecule has 1 unspecified atom stereocenters. The molecule has 0 heterocycles. The van der Waals surface area contributed by atoms with Crippen molar-refractivity contribution >= 4 is 11.9 Å². The number of unbranched alkanes of at least 4 members (excludes halogenated alkanes) is 1. The third kappa shape index (κ3) is 4.85. The molecule has 1 atom stereocenters. The lowest BCUT2D eigenvalue weighted by molar-refractivity contribution is -0.142. The SMILES string of the molecule is CCCCOC(=O)CNC(C#CC(=O)OC)C1c2ccccc2-c2ccccc21. The van der Waals surface area contributed by atoms with Gasteiger partial charge in [0.2, 0.25) is 0 Å². The van der Waals surface area contributed by atoms with Gasteiger partial charge >= 0.3 is 11.9 Å². The third-order valence-electron chi connectivity index (χ3n) is 4.96. The summed E-state index contributed by atoms with van der Waals surface area (Å²) in [4.78, 5) is 23.7. The molecule has 0 saturated heterocycles. The Kier molecular flexibility index (Phi) is 7.04. The summed E-state index contributed by atoms with van der Waals surface area (Å²) in [6.07, 6.45) is 1.80. The lowest BCUT2D eigenvalue weighted by Gasteiger charge is -2.22. The predicted molar refractivity (Wildman–Crippen MR) is 111 cm³/mol. The standard InChI is InChI=1S/C24H25NO4/c1-3-4-15-29-23(27)16-25-21(13-14-22(26)28-2)24-19-11-7-5-9-17(19)18-10-6-8-12-20(18)24/h5-12,21,24-25H,3-4,15-16H2,1-2H3. The normalized spacial score (nSPS) is 12.9. The van der Waals surface area contributed by atoms with Crippen molar-refractivity contribution in [3.63, 3.8) is 0 Å². The van der Waals surface area contributed by atoms with Crippen molar-refractivity contribution in [1.82, 2.24) is 5.32 Å². The van der Waals surface area contributed by atoms with Gasteiger partial charge in [0.1, 0.15) is 0 Å². The van der Waals surface area contributed by atoms with Crippen LogP contribution in [0.3, 0.4) is 0 Å². The van der Waals surface area contributed by atoms with Gasteiger partial charge in [-0.05, 0) is 28.7 Å². The van der Waals surface area contributed by atoms with Gasteiger partial charge in [-0.15, -0.1) is 0 Å². The molecular weight excluding hydrogens is 366 g/mol. The first-order valence-electron chi connectivity index (χ1n) is 9.82. The van der Waals surface area contributed by atoms with Crippen LogP contribution < -0.4 is 5.32 Å². The molecule has 0 bridgehead atoms. The molecule has 0 saturated carbocycles. The fourth-order valence-corrected chi connectivity index (χ4v) is 3.57. The first kappa shape index (κ1) is 20.6. The van der Waals surface area contributed by atoms with Crippen molar-refractivity contribution in [2.24, 2.45) is 0 Å². The van der Waals surface area contributed by atoms with Gasteiger partial charge in [-0.2, -0.15) is 0 Å². The Morgan fingerprint density at radius 1 is 1.07 bits per heavy atom. The second-order valence-corrected chi connectivity index (χ2v) is 6.85. The molecule has 1 aliphatic carbocycles. The van der Waals surface area contributed by atoms with Crippen molar-refractivity contribution in [2.75, 3.05) is 20.3 Å². The Morgan fingerprint density at radius 2 is 1.69 bits per heavy atom. The van der Waals surface area contributed by atoms with E-state index in [1.54, 1.807) is 0 Å². The average molecular weight is 391 g/mol. The van der Waals surface area contributed by atoms with E-state index in [9.17, 15) is 9.59 Å². The summed E-state index contributed by atoms with van der Waals surface area (Å²) in [6, 6.07) is 15.8. The number of hydrogen-bond acceptors (Lipinski definition) is 5. The number of hydrogen-bond donors (Lipinski definition) is 1. The number of ether oxygens (including phenoxy) is 2. The Labute approximate surface area is 171 Å². The molecule has 5 heteroatoms. The molecule has 1 aliphatic rings. The van der Waals surface area contributed by atoms with Crippen LogP contribution in [-0.2, 0) is 19.1 Å². The van der Waals surface area contributed by atoms with E-state index in [1.165, 1.54) is 7.11 Å². The molecular formula is C24H25NO4. The second-order valence-electron chi connectivity index (χ2n) is 6.85. The summed E-state index contributed by atoms with van der Waals surface area (Å²) in [5, 5.41) is 3.19. The molecule has 0 fully saturated rings. The molecule has 0 spiro atoms. The number of esters is 2. The highest BCUT2D eigenvalue weighted by molar-refractivity contribution is 5.88. The van der Waals surface area contributed by atoms with Crippen molar-refractivity contribution in [3.8, 4) is 23.0 Å². The lowest BCUT2D eigenvalue weighted by atomic mass is 9.89. The van der Waals surface area contributed by atoms with E-state index in [4.69, 9.17) is 4.74 Å². The Bertz CT molecular complexity index is 896. The van der Waals surface area contributed by atoms with Crippen molar-refractivity contribution in [2.45, 2.75) is 31.7 Å². The average Bonchev–Trinajstić information content (AvgIpc) is 3.08. The minimum atomic E-state index is -0.609. The first-order valence-corrected chi connectivity index (χ1v) is 9.82. The van der Waals surface area contributed by atoms with Crippen LogP contribution >= 0.6 is 0 Å². The van der Waals surface area contributed by atoms with Crippen LogP contribution in [0.2, 0.25) is 0 Å². The quantitative estimate of drug-likeness (QED) is 0.340. The highest BCUT2D eigenvalue weighted by Gasteiger charge is 2.33. The van der Waals surface area contributed by atoms with Crippen molar-refractivity contribution < 1.29 is 19.1 Å². The molecule has 3 rings (SSSR count). The summed E-state index contributed by atoms with van der Waals surface area (Å²) in [5.41, 5.74) is 4.52. The van der Waals surface area contributed by atoms with E-state index in [0.29, 0.717) is 6.61 Å². The summed E-state index contributed by atoms with van der Waals surface area (Å²) in [5.74, 6) is 4.45. The van der Waals surface area contributed by atoms with Gasteiger partial charge in [-0.25, -0.2) is 4.79 Å². The molecule has 2 aromatic rings. The monoisotopic (exact) mass is 391 g/mol. The molecule has 0 radical (unpaired) electrons. The van der Waals surface area contributed by atoms with Crippen LogP contribution in [0.1, 0.15) is 36.8 Å². The summed E-state index contributed by atoms with van der Waals surface area (Å²) >= 11 is 0. The number of nitrogens with one attached hydrogen (secondary N) is 1. The van der Waals surface area contributed by atoms with Gasteiger partial charge in [0, 0.05) is 11.8 Å². The summed E-state index contributed by atoms with van der Waals surface area (Å²) in [6.45, 7) is 2.47. The van der Waals surface area contributed by atoms with Gasteiger partial charge in [-0.1, -0.05) is 67.8 Å². The van der Waals surface area contributed by atoms with Crippen molar-refractivity contribution in [1.29, 1.82) is 0 Å². The zero-order valence-electron chi connectivity index (χ0n) is 16.7. The Balaban J connectivity index is 1.88. The van der Waals surface area contributed by atoms with Gasteiger partial charge in [0.25, 0.3) is 0 Å². The molecule has 0 aromatic heterocycles. The zero-order chi connectivity index (χ0) is 20.6. The van der Waals surface area contributed by atoms with E-state index < -0.39 is 12.0 Å². The summed E-state index contributed by atoms with van der Waals surface area (Å²) in [7, 11) is 1.30. The molecule has 2 aromatic carbocycles. The Morgan fingerprint density at radius 3 is 2.28 bits per heavy atom. The van der Waals surface area contributed by atoms with Crippen LogP contribution in [0, 0.1) is 11.8 Å². The minimum Gasteiger partial charge on any atom is -0.465 e. The van der Waals surface area contributed by atoms with E-state index in [0.717, 1.165) is 35.1 Å². The van der Waals surface area contributed by atoms with E-state index in [1.807, 2.05) is 31.2 Å². The molecule has 150 valence electrons. The van der Waals surface area contributed by atoms with Crippen LogP contribution in [0.5, 0.6) is 0 Å². The topological polar surface area (TPSA) is 64.6 Å². The number of fused-ring (bicyclic) bond motifs is 3. The smallest absolute Gasteiger partial charge is 0.384 e. The second kappa shape index (κ2) is 9.90. The molecule has 1 N–H and O–H groups in total. The largest absolute Gasteiger partial charge is 0.465 e.